The summed E-state index contributed by atoms with van der Waals surface area (Å²) in [4.78, 5) is 11.3. The number of allylic oxidation sites excluding steroid dienone is 1. The second-order valence-corrected chi connectivity index (χ2v) is 5.68. The Kier molecular flexibility index (Phi) is 5.65. The van der Waals surface area contributed by atoms with Crippen molar-refractivity contribution < 1.29 is 9.53 Å². The predicted octanol–water partition coefficient (Wildman–Crippen LogP) is 5.31. The maximum Gasteiger partial charge on any atom is 0.308 e. The summed E-state index contributed by atoms with van der Waals surface area (Å²) >= 11 is 0. The lowest BCUT2D eigenvalue weighted by molar-refractivity contribution is -0.134. The molecule has 0 aromatic heterocycles. The summed E-state index contributed by atoms with van der Waals surface area (Å²) in [5, 5.41) is 0. The van der Waals surface area contributed by atoms with Crippen molar-refractivity contribution in [1.29, 1.82) is 0 Å². The van der Waals surface area contributed by atoms with Crippen molar-refractivity contribution in [2.24, 2.45) is 0 Å². The van der Waals surface area contributed by atoms with Gasteiger partial charge in [0.05, 0.1) is 0 Å². The number of ether oxygens (including phenoxy) is 1. The van der Waals surface area contributed by atoms with E-state index in [0.29, 0.717) is 5.76 Å². The minimum absolute atomic E-state index is 0.367. The minimum Gasteiger partial charge on any atom is -0.425 e. The molecule has 2 heteroatoms. The Bertz CT molecular complexity index is 957. The van der Waals surface area contributed by atoms with Gasteiger partial charge >= 0.3 is 5.97 Å². The summed E-state index contributed by atoms with van der Waals surface area (Å²) < 4.78 is 5.27. The Morgan fingerprint density at radius 1 is 0.808 bits per heavy atom. The maximum atomic E-state index is 11.3. The lowest BCUT2D eigenvalue weighted by Crippen LogP contribution is -1.98. The van der Waals surface area contributed by atoms with Crippen molar-refractivity contribution in [2.45, 2.75) is 6.92 Å². The summed E-state index contributed by atoms with van der Waals surface area (Å²) in [6, 6.07) is 27.7. The Morgan fingerprint density at radius 2 is 1.38 bits per heavy atom. The highest BCUT2D eigenvalue weighted by Gasteiger charge is 2.04. The Hall–Kier alpha value is -3.57. The van der Waals surface area contributed by atoms with Crippen LogP contribution in [-0.2, 0) is 9.53 Å². The molecule has 0 radical (unpaired) electrons. The number of hydrogen-bond acceptors (Lipinski definition) is 2. The van der Waals surface area contributed by atoms with Crippen molar-refractivity contribution in [3.63, 3.8) is 0 Å². The molecular weight excluding hydrogens is 320 g/mol. The standard InChI is InChI=1S/C24H18O2/c1-19(25)26-24(23-12-6-3-7-13-23)14-8-9-20-15-17-22(18-16-20)21-10-4-2-5-11-21/h2-7,10-18H,1H3/b24-14-. The monoisotopic (exact) mass is 338 g/mol. The van der Waals surface area contributed by atoms with Crippen molar-refractivity contribution in [3.05, 3.63) is 102 Å². The van der Waals surface area contributed by atoms with Crippen LogP contribution in [0.3, 0.4) is 0 Å². The van der Waals surface area contributed by atoms with E-state index < -0.39 is 0 Å². The highest BCUT2D eigenvalue weighted by molar-refractivity contribution is 5.77. The van der Waals surface area contributed by atoms with Crippen LogP contribution in [0.5, 0.6) is 0 Å². The zero-order chi connectivity index (χ0) is 18.2. The third-order valence-electron chi connectivity index (χ3n) is 3.72. The number of esters is 1. The number of benzene rings is 3. The zero-order valence-corrected chi connectivity index (χ0v) is 14.5. The quantitative estimate of drug-likeness (QED) is 0.367. The van der Waals surface area contributed by atoms with E-state index in [2.05, 4.69) is 24.0 Å². The first-order valence-electron chi connectivity index (χ1n) is 8.33. The van der Waals surface area contributed by atoms with E-state index in [4.69, 9.17) is 4.74 Å². The number of carbonyl (C=O) groups is 1. The van der Waals surface area contributed by atoms with E-state index in [0.717, 1.165) is 16.7 Å². The van der Waals surface area contributed by atoms with E-state index in [-0.39, 0.29) is 5.97 Å². The van der Waals surface area contributed by atoms with Crippen LogP contribution in [0.15, 0.2) is 91.0 Å². The van der Waals surface area contributed by atoms with Gasteiger partial charge in [0.1, 0.15) is 5.76 Å². The molecule has 3 aromatic carbocycles. The van der Waals surface area contributed by atoms with Gasteiger partial charge in [-0.25, -0.2) is 0 Å². The average Bonchev–Trinajstić information content (AvgIpc) is 2.69. The van der Waals surface area contributed by atoms with E-state index in [9.17, 15) is 4.79 Å². The van der Waals surface area contributed by atoms with Gasteiger partial charge in [-0.2, -0.15) is 0 Å². The van der Waals surface area contributed by atoms with Crippen molar-refractivity contribution in [3.8, 4) is 23.0 Å². The third-order valence-corrected chi connectivity index (χ3v) is 3.72. The van der Waals surface area contributed by atoms with E-state index in [1.807, 2.05) is 72.8 Å². The Morgan fingerprint density at radius 3 is 2.00 bits per heavy atom. The molecule has 0 amide bonds. The average molecular weight is 338 g/mol. The molecule has 3 aromatic rings. The molecule has 26 heavy (non-hydrogen) atoms. The van der Waals surface area contributed by atoms with Crippen LogP contribution in [0.25, 0.3) is 16.9 Å². The first-order chi connectivity index (χ1) is 12.7. The molecule has 0 N–H and O–H groups in total. The first kappa shape index (κ1) is 17.3. The number of carbonyl (C=O) groups excluding carboxylic acids is 1. The maximum absolute atomic E-state index is 11.3. The molecule has 0 atom stereocenters. The van der Waals surface area contributed by atoms with E-state index >= 15 is 0 Å². The lowest BCUT2D eigenvalue weighted by Gasteiger charge is -2.05. The van der Waals surface area contributed by atoms with Crippen LogP contribution in [0.2, 0.25) is 0 Å². The van der Waals surface area contributed by atoms with Crippen LogP contribution in [0.1, 0.15) is 18.1 Å². The van der Waals surface area contributed by atoms with Crippen LogP contribution in [0.4, 0.5) is 0 Å². The van der Waals surface area contributed by atoms with Crippen molar-refractivity contribution in [1.82, 2.24) is 0 Å². The molecule has 126 valence electrons. The summed E-state index contributed by atoms with van der Waals surface area (Å²) in [5.74, 6) is 6.14. The third kappa shape index (κ3) is 4.72. The molecule has 0 aliphatic rings. The van der Waals surface area contributed by atoms with Gasteiger partial charge in [0.15, 0.2) is 0 Å². The van der Waals surface area contributed by atoms with Gasteiger partial charge in [-0.05, 0) is 23.3 Å². The summed E-state index contributed by atoms with van der Waals surface area (Å²) in [6.07, 6.45) is 1.63. The summed E-state index contributed by atoms with van der Waals surface area (Å²) in [5.41, 5.74) is 4.04. The van der Waals surface area contributed by atoms with Crippen molar-refractivity contribution in [2.75, 3.05) is 0 Å². The second-order valence-electron chi connectivity index (χ2n) is 5.68. The SMILES string of the molecule is CC(=O)O/C(=C\C#Cc1ccc(-c2ccccc2)cc1)c1ccccc1. The molecule has 0 bridgehead atoms. The van der Waals surface area contributed by atoms with Gasteiger partial charge in [0, 0.05) is 24.1 Å². The van der Waals surface area contributed by atoms with Gasteiger partial charge in [0.25, 0.3) is 0 Å². The topological polar surface area (TPSA) is 26.3 Å². The molecule has 2 nitrogen and oxygen atoms in total. The Labute approximate surface area is 153 Å². The summed E-state index contributed by atoms with van der Waals surface area (Å²) in [7, 11) is 0. The van der Waals surface area contributed by atoms with Crippen molar-refractivity contribution >= 4 is 11.7 Å². The fraction of sp³-hybridized carbons (Fsp3) is 0.0417. The molecule has 0 unspecified atom stereocenters. The van der Waals surface area contributed by atoms with Crippen LogP contribution >= 0.6 is 0 Å². The molecule has 3 rings (SSSR count). The Balaban J connectivity index is 1.80. The molecule has 0 saturated carbocycles. The smallest absolute Gasteiger partial charge is 0.308 e. The fourth-order valence-electron chi connectivity index (χ4n) is 2.49. The first-order valence-corrected chi connectivity index (χ1v) is 8.33. The van der Waals surface area contributed by atoms with Crippen LogP contribution in [-0.4, -0.2) is 5.97 Å². The normalized spacial score (nSPS) is 10.6. The van der Waals surface area contributed by atoms with Gasteiger partial charge < -0.3 is 4.74 Å². The molecule has 0 aliphatic heterocycles. The highest BCUT2D eigenvalue weighted by Crippen LogP contribution is 2.19. The van der Waals surface area contributed by atoms with Gasteiger partial charge in [-0.15, -0.1) is 0 Å². The van der Waals surface area contributed by atoms with Gasteiger partial charge in [-0.3, -0.25) is 4.79 Å². The highest BCUT2D eigenvalue weighted by atomic mass is 16.5. The largest absolute Gasteiger partial charge is 0.425 e. The molecule has 0 spiro atoms. The predicted molar refractivity (Wildman–Crippen MR) is 105 cm³/mol. The second kappa shape index (κ2) is 8.50. The minimum atomic E-state index is -0.367. The molecule has 0 aliphatic carbocycles. The molecule has 0 saturated heterocycles. The number of rotatable bonds is 3. The summed E-state index contributed by atoms with van der Waals surface area (Å²) in [6.45, 7) is 1.38. The van der Waals surface area contributed by atoms with Gasteiger partial charge in [-0.1, -0.05) is 84.6 Å². The van der Waals surface area contributed by atoms with E-state index in [1.54, 1.807) is 6.08 Å². The number of hydrogen-bond donors (Lipinski definition) is 0. The molecular formula is C24H18O2. The molecule has 0 fully saturated rings. The van der Waals surface area contributed by atoms with Crippen LogP contribution in [0, 0.1) is 11.8 Å². The van der Waals surface area contributed by atoms with Gasteiger partial charge in [0.2, 0.25) is 0 Å². The fourth-order valence-corrected chi connectivity index (χ4v) is 2.49. The molecule has 0 heterocycles. The van der Waals surface area contributed by atoms with Crippen LogP contribution < -0.4 is 0 Å². The lowest BCUT2D eigenvalue weighted by atomic mass is 10.0. The zero-order valence-electron chi connectivity index (χ0n) is 14.5. The van der Waals surface area contributed by atoms with E-state index in [1.165, 1.54) is 12.5 Å².